The predicted molar refractivity (Wildman–Crippen MR) is 92.1 cm³/mol. The summed E-state index contributed by atoms with van der Waals surface area (Å²) in [5.41, 5.74) is 0.752. The summed E-state index contributed by atoms with van der Waals surface area (Å²) >= 11 is 0. The monoisotopic (exact) mass is 357 g/mol. The lowest BCUT2D eigenvalue weighted by atomic mass is 10.2. The number of esters is 2. The Morgan fingerprint density at radius 2 is 1.81 bits per heavy atom. The number of cyclic esters (lactones) is 2. The highest BCUT2D eigenvalue weighted by Gasteiger charge is 2.39. The number of rotatable bonds is 5. The molecule has 1 aliphatic heterocycles. The van der Waals surface area contributed by atoms with Gasteiger partial charge in [-0.25, -0.2) is 9.59 Å². The quantitative estimate of drug-likeness (QED) is 0.498. The molecule has 1 aromatic heterocycles. The Bertz CT molecular complexity index is 803. The van der Waals surface area contributed by atoms with Gasteiger partial charge >= 0.3 is 11.9 Å². The summed E-state index contributed by atoms with van der Waals surface area (Å²) in [7, 11) is 1.60. The van der Waals surface area contributed by atoms with Gasteiger partial charge in [0, 0.05) is 32.7 Å². The molecule has 8 heteroatoms. The third-order valence-electron chi connectivity index (χ3n) is 3.71. The fourth-order valence-electron chi connectivity index (χ4n) is 2.46. The Morgan fingerprint density at radius 3 is 2.35 bits per heavy atom. The van der Waals surface area contributed by atoms with E-state index in [1.807, 2.05) is 24.3 Å². The van der Waals surface area contributed by atoms with Crippen molar-refractivity contribution in [1.29, 1.82) is 0 Å². The van der Waals surface area contributed by atoms with Crippen molar-refractivity contribution in [3.8, 4) is 5.75 Å². The van der Waals surface area contributed by atoms with Crippen LogP contribution in [0.4, 0.5) is 5.82 Å². The van der Waals surface area contributed by atoms with Crippen molar-refractivity contribution < 1.29 is 23.8 Å². The number of carbonyl (C=O) groups is 2. The minimum atomic E-state index is -1.28. The first kappa shape index (κ1) is 17.5. The molecule has 0 amide bonds. The van der Waals surface area contributed by atoms with Crippen molar-refractivity contribution in [3.05, 3.63) is 53.9 Å². The average molecular weight is 357 g/mol. The Hall–Kier alpha value is -3.29. The number of ether oxygens (including phenoxy) is 3. The molecule has 0 bridgehead atoms. The van der Waals surface area contributed by atoms with Gasteiger partial charge in [-0.3, -0.25) is 5.10 Å². The molecule has 2 heterocycles. The van der Waals surface area contributed by atoms with Crippen LogP contribution in [0.15, 0.2) is 48.3 Å². The average Bonchev–Trinajstić information content (AvgIpc) is 3.11. The van der Waals surface area contributed by atoms with Crippen LogP contribution in [0.2, 0.25) is 0 Å². The first-order valence-corrected chi connectivity index (χ1v) is 7.95. The third kappa shape index (κ3) is 3.85. The van der Waals surface area contributed by atoms with Crippen LogP contribution < -0.4 is 9.64 Å². The Morgan fingerprint density at radius 1 is 1.15 bits per heavy atom. The van der Waals surface area contributed by atoms with E-state index in [-0.39, 0.29) is 5.57 Å². The van der Waals surface area contributed by atoms with Gasteiger partial charge in [-0.2, -0.15) is 5.10 Å². The molecule has 0 radical (unpaired) electrons. The Labute approximate surface area is 150 Å². The number of benzene rings is 1. The maximum Gasteiger partial charge on any atom is 0.350 e. The predicted octanol–water partition coefficient (Wildman–Crippen LogP) is 2.14. The third-order valence-corrected chi connectivity index (χ3v) is 3.71. The number of carbonyl (C=O) groups excluding carboxylic acids is 2. The molecular weight excluding hydrogens is 338 g/mol. The lowest BCUT2D eigenvalue weighted by Crippen LogP contribution is -2.42. The van der Waals surface area contributed by atoms with Crippen LogP contribution in [-0.4, -0.2) is 35.0 Å². The van der Waals surface area contributed by atoms with Crippen molar-refractivity contribution in [1.82, 2.24) is 10.2 Å². The molecule has 3 rings (SSSR count). The van der Waals surface area contributed by atoms with Crippen LogP contribution in [0, 0.1) is 0 Å². The molecule has 1 N–H and O–H groups in total. The van der Waals surface area contributed by atoms with Crippen molar-refractivity contribution >= 4 is 17.8 Å². The number of aromatic nitrogens is 2. The van der Waals surface area contributed by atoms with Gasteiger partial charge in [0.25, 0.3) is 5.79 Å². The summed E-state index contributed by atoms with van der Waals surface area (Å²) in [6.07, 6.45) is 2.98. The highest BCUT2D eigenvalue weighted by atomic mass is 16.7. The van der Waals surface area contributed by atoms with E-state index in [4.69, 9.17) is 14.2 Å². The van der Waals surface area contributed by atoms with Crippen molar-refractivity contribution in [3.63, 3.8) is 0 Å². The van der Waals surface area contributed by atoms with Crippen LogP contribution in [0.5, 0.6) is 5.75 Å². The standard InChI is InChI=1S/C18H19N3O5/c1-18(2)25-16(22)14(17(23)26-18)11-21(15-8-9-19-20-15)10-12-4-6-13(24-3)7-5-12/h4-9,11H,10H2,1-3H3,(H,19,20). The van der Waals surface area contributed by atoms with E-state index in [0.717, 1.165) is 11.3 Å². The summed E-state index contributed by atoms with van der Waals surface area (Å²) in [5, 5.41) is 6.74. The molecule has 136 valence electrons. The Kier molecular flexibility index (Phi) is 4.66. The second-order valence-electron chi connectivity index (χ2n) is 6.14. The van der Waals surface area contributed by atoms with Gasteiger partial charge in [0.2, 0.25) is 0 Å². The fraction of sp³-hybridized carbons (Fsp3) is 0.278. The normalized spacial score (nSPS) is 15.9. The zero-order valence-electron chi connectivity index (χ0n) is 14.7. The maximum absolute atomic E-state index is 12.2. The highest BCUT2D eigenvalue weighted by molar-refractivity contribution is 6.15. The van der Waals surface area contributed by atoms with E-state index in [0.29, 0.717) is 12.4 Å². The summed E-state index contributed by atoms with van der Waals surface area (Å²) in [5.74, 6) is -1.39. The maximum atomic E-state index is 12.2. The van der Waals surface area contributed by atoms with E-state index < -0.39 is 17.7 Å². The molecule has 8 nitrogen and oxygen atoms in total. The highest BCUT2D eigenvalue weighted by Crippen LogP contribution is 2.25. The van der Waals surface area contributed by atoms with E-state index in [9.17, 15) is 9.59 Å². The van der Waals surface area contributed by atoms with Gasteiger partial charge in [-0.05, 0) is 17.7 Å². The molecule has 26 heavy (non-hydrogen) atoms. The van der Waals surface area contributed by atoms with E-state index in [2.05, 4.69) is 10.2 Å². The van der Waals surface area contributed by atoms with Crippen LogP contribution in [0.1, 0.15) is 19.4 Å². The van der Waals surface area contributed by atoms with E-state index >= 15 is 0 Å². The van der Waals surface area contributed by atoms with Gasteiger partial charge in [-0.1, -0.05) is 12.1 Å². The van der Waals surface area contributed by atoms with Gasteiger partial charge in [0.1, 0.15) is 11.6 Å². The number of methoxy groups -OCH3 is 1. The number of hydrogen-bond acceptors (Lipinski definition) is 7. The first-order chi connectivity index (χ1) is 12.4. The number of aromatic amines is 1. The second kappa shape index (κ2) is 6.91. The van der Waals surface area contributed by atoms with Crippen LogP contribution >= 0.6 is 0 Å². The molecule has 1 aromatic carbocycles. The summed E-state index contributed by atoms with van der Waals surface area (Å²) < 4.78 is 15.4. The largest absolute Gasteiger partial charge is 0.497 e. The van der Waals surface area contributed by atoms with E-state index in [1.165, 1.54) is 20.0 Å². The fourth-order valence-corrected chi connectivity index (χ4v) is 2.46. The molecule has 0 spiro atoms. The number of nitrogens with one attached hydrogen (secondary N) is 1. The molecule has 1 aliphatic rings. The van der Waals surface area contributed by atoms with Crippen LogP contribution in [0.3, 0.4) is 0 Å². The molecule has 1 saturated heterocycles. The molecule has 0 aliphatic carbocycles. The minimum Gasteiger partial charge on any atom is -0.497 e. The summed E-state index contributed by atoms with van der Waals surface area (Å²) in [6.45, 7) is 3.40. The lowest BCUT2D eigenvalue weighted by Gasteiger charge is -2.30. The number of anilines is 1. The number of nitrogens with zero attached hydrogens (tertiary/aromatic N) is 2. The minimum absolute atomic E-state index is 0.188. The first-order valence-electron chi connectivity index (χ1n) is 7.95. The molecule has 2 aromatic rings. The molecular formula is C18H19N3O5. The molecule has 0 unspecified atom stereocenters. The molecule has 0 saturated carbocycles. The topological polar surface area (TPSA) is 93.8 Å². The zero-order chi connectivity index (χ0) is 18.7. The van der Waals surface area contributed by atoms with Crippen molar-refractivity contribution in [2.24, 2.45) is 0 Å². The van der Waals surface area contributed by atoms with Gasteiger partial charge in [0.15, 0.2) is 5.57 Å². The van der Waals surface area contributed by atoms with Gasteiger partial charge in [0.05, 0.1) is 13.3 Å². The zero-order valence-corrected chi connectivity index (χ0v) is 14.7. The van der Waals surface area contributed by atoms with Crippen LogP contribution in [0.25, 0.3) is 0 Å². The Balaban J connectivity index is 1.89. The number of hydrogen-bond donors (Lipinski definition) is 1. The SMILES string of the molecule is COc1ccc(CN(C=C2C(=O)OC(C)(C)OC2=O)c2ccn[nH]2)cc1. The smallest absolute Gasteiger partial charge is 0.350 e. The van der Waals surface area contributed by atoms with Crippen LogP contribution in [-0.2, 0) is 25.6 Å². The second-order valence-corrected chi connectivity index (χ2v) is 6.14. The summed E-state index contributed by atoms with van der Waals surface area (Å²) in [6, 6.07) is 9.17. The van der Waals surface area contributed by atoms with Crippen molar-refractivity contribution in [2.45, 2.75) is 26.2 Å². The molecule has 1 fully saturated rings. The van der Waals surface area contributed by atoms with Gasteiger partial charge < -0.3 is 19.1 Å². The molecule has 0 atom stereocenters. The van der Waals surface area contributed by atoms with Crippen molar-refractivity contribution in [2.75, 3.05) is 12.0 Å². The van der Waals surface area contributed by atoms with E-state index in [1.54, 1.807) is 24.3 Å². The summed E-state index contributed by atoms with van der Waals surface area (Å²) in [4.78, 5) is 26.1. The van der Waals surface area contributed by atoms with Gasteiger partial charge in [-0.15, -0.1) is 0 Å². The number of H-pyrrole nitrogens is 1. The lowest BCUT2D eigenvalue weighted by molar-refractivity contribution is -0.222.